The normalized spacial score (nSPS) is 12.6. The van der Waals surface area contributed by atoms with Crippen molar-refractivity contribution in [2.24, 2.45) is 0 Å². The number of nitrogens with one attached hydrogen (secondary N) is 1. The highest BCUT2D eigenvalue weighted by Crippen LogP contribution is 2.12. The second-order valence-electron chi connectivity index (χ2n) is 4.04. The highest BCUT2D eigenvalue weighted by Gasteiger charge is 2.15. The molecule has 0 radical (unpaired) electrons. The summed E-state index contributed by atoms with van der Waals surface area (Å²) in [4.78, 5) is 15.4. The Morgan fingerprint density at radius 3 is 2.88 bits per heavy atom. The number of rotatable bonds is 8. The molecule has 17 heavy (non-hydrogen) atoms. The maximum atomic E-state index is 10.9. The average Bonchev–Trinajstić information content (AvgIpc) is 2.72. The first-order valence-corrected chi connectivity index (χ1v) is 6.94. The van der Waals surface area contributed by atoms with Crippen molar-refractivity contribution in [2.75, 3.05) is 0 Å². The molecule has 1 atom stereocenters. The van der Waals surface area contributed by atoms with E-state index in [1.807, 2.05) is 12.3 Å². The zero-order chi connectivity index (χ0) is 12.7. The van der Waals surface area contributed by atoms with E-state index in [4.69, 9.17) is 5.11 Å². The molecule has 1 rings (SSSR count). The van der Waals surface area contributed by atoms with Crippen molar-refractivity contribution in [2.45, 2.75) is 52.1 Å². The molecule has 2 N–H and O–H groups in total. The van der Waals surface area contributed by atoms with E-state index in [1.165, 1.54) is 0 Å². The first kappa shape index (κ1) is 14.1. The lowest BCUT2D eigenvalue weighted by Gasteiger charge is -2.11. The molecular formula is C12H20N2O2S. The Morgan fingerprint density at radius 1 is 1.53 bits per heavy atom. The van der Waals surface area contributed by atoms with Crippen molar-refractivity contribution in [1.82, 2.24) is 10.3 Å². The Bertz CT molecular complexity index is 352. The number of nitrogens with zero attached hydrogens (tertiary/aromatic N) is 1. The molecule has 1 heterocycles. The van der Waals surface area contributed by atoms with E-state index in [2.05, 4.69) is 17.2 Å². The fraction of sp³-hybridized carbons (Fsp3) is 0.667. The lowest BCUT2D eigenvalue weighted by Crippen LogP contribution is -2.36. The van der Waals surface area contributed by atoms with Crippen LogP contribution >= 0.6 is 11.3 Å². The SMILES string of the molecule is CCCc1nc(CNC(CCC)C(=O)O)cs1. The Labute approximate surface area is 106 Å². The molecule has 5 heteroatoms. The van der Waals surface area contributed by atoms with E-state index < -0.39 is 12.0 Å². The fourth-order valence-corrected chi connectivity index (χ4v) is 2.49. The molecule has 0 aliphatic rings. The maximum Gasteiger partial charge on any atom is 0.320 e. The Hall–Kier alpha value is -0.940. The van der Waals surface area contributed by atoms with Crippen molar-refractivity contribution in [3.8, 4) is 0 Å². The smallest absolute Gasteiger partial charge is 0.320 e. The molecule has 96 valence electrons. The van der Waals surface area contributed by atoms with Crippen LogP contribution in [0.25, 0.3) is 0 Å². The zero-order valence-electron chi connectivity index (χ0n) is 10.4. The van der Waals surface area contributed by atoms with Crippen molar-refractivity contribution < 1.29 is 9.90 Å². The van der Waals surface area contributed by atoms with Gasteiger partial charge in [0.2, 0.25) is 0 Å². The van der Waals surface area contributed by atoms with E-state index in [0.717, 1.165) is 30.0 Å². The number of hydrogen-bond acceptors (Lipinski definition) is 4. The summed E-state index contributed by atoms with van der Waals surface area (Å²) < 4.78 is 0. The van der Waals surface area contributed by atoms with E-state index in [0.29, 0.717) is 13.0 Å². The highest BCUT2D eigenvalue weighted by atomic mass is 32.1. The molecule has 0 saturated carbocycles. The minimum absolute atomic E-state index is 0.462. The Balaban J connectivity index is 2.44. The summed E-state index contributed by atoms with van der Waals surface area (Å²) in [7, 11) is 0. The number of hydrogen-bond donors (Lipinski definition) is 2. The van der Waals surface area contributed by atoms with Gasteiger partial charge in [-0.3, -0.25) is 10.1 Å². The van der Waals surface area contributed by atoms with E-state index in [1.54, 1.807) is 11.3 Å². The molecular weight excluding hydrogens is 236 g/mol. The molecule has 0 saturated heterocycles. The average molecular weight is 256 g/mol. The van der Waals surface area contributed by atoms with Gasteiger partial charge in [-0.05, 0) is 19.3 Å². The van der Waals surface area contributed by atoms with Crippen LogP contribution in [0.5, 0.6) is 0 Å². The van der Waals surface area contributed by atoms with Gasteiger partial charge in [-0.2, -0.15) is 0 Å². The van der Waals surface area contributed by atoms with Gasteiger partial charge in [0.25, 0.3) is 0 Å². The molecule has 0 aliphatic carbocycles. The molecule has 4 nitrogen and oxygen atoms in total. The van der Waals surface area contributed by atoms with Gasteiger partial charge in [-0.1, -0.05) is 20.3 Å². The van der Waals surface area contributed by atoms with Gasteiger partial charge in [0.15, 0.2) is 0 Å². The summed E-state index contributed by atoms with van der Waals surface area (Å²) in [6, 6.07) is -0.462. The monoisotopic (exact) mass is 256 g/mol. The molecule has 1 unspecified atom stereocenters. The third kappa shape index (κ3) is 4.83. The van der Waals surface area contributed by atoms with Crippen LogP contribution in [-0.2, 0) is 17.8 Å². The number of aliphatic carboxylic acids is 1. The van der Waals surface area contributed by atoms with Crippen LogP contribution in [0.3, 0.4) is 0 Å². The van der Waals surface area contributed by atoms with Gasteiger partial charge >= 0.3 is 5.97 Å². The van der Waals surface area contributed by atoms with Gasteiger partial charge in [-0.25, -0.2) is 4.98 Å². The molecule has 0 aromatic carbocycles. The molecule has 1 aromatic heterocycles. The molecule has 0 fully saturated rings. The number of carboxylic acid groups (broad SMARTS) is 1. The highest BCUT2D eigenvalue weighted by molar-refractivity contribution is 7.09. The molecule has 0 bridgehead atoms. The quantitative estimate of drug-likeness (QED) is 0.750. The third-order valence-corrected chi connectivity index (χ3v) is 3.43. The summed E-state index contributed by atoms with van der Waals surface area (Å²) in [6.07, 6.45) is 3.61. The van der Waals surface area contributed by atoms with Crippen LogP contribution in [0.2, 0.25) is 0 Å². The van der Waals surface area contributed by atoms with Crippen molar-refractivity contribution in [3.05, 3.63) is 16.1 Å². The summed E-state index contributed by atoms with van der Waals surface area (Å²) in [5, 5.41) is 15.2. The number of aryl methyl sites for hydroxylation is 1. The van der Waals surface area contributed by atoms with Crippen LogP contribution in [0.1, 0.15) is 43.8 Å². The zero-order valence-corrected chi connectivity index (χ0v) is 11.2. The molecule has 0 amide bonds. The van der Waals surface area contributed by atoms with Crippen LogP contribution in [-0.4, -0.2) is 22.1 Å². The number of carboxylic acids is 1. The molecule has 0 spiro atoms. The minimum atomic E-state index is -0.782. The fourth-order valence-electron chi connectivity index (χ4n) is 1.59. The molecule has 0 aliphatic heterocycles. The predicted molar refractivity (Wildman–Crippen MR) is 69.3 cm³/mol. The summed E-state index contributed by atoms with van der Waals surface area (Å²) in [6.45, 7) is 4.65. The second-order valence-corrected chi connectivity index (χ2v) is 4.99. The van der Waals surface area contributed by atoms with Crippen molar-refractivity contribution >= 4 is 17.3 Å². The topological polar surface area (TPSA) is 62.2 Å². The van der Waals surface area contributed by atoms with Crippen LogP contribution in [0, 0.1) is 0 Å². The standard InChI is InChI=1S/C12H20N2O2S/c1-3-5-10(12(15)16)13-7-9-8-17-11(14-9)6-4-2/h8,10,13H,3-7H2,1-2H3,(H,15,16). The largest absolute Gasteiger partial charge is 0.480 e. The number of carbonyl (C=O) groups is 1. The third-order valence-electron chi connectivity index (χ3n) is 2.47. The Kier molecular flexibility index (Phi) is 6.15. The number of thiazole rings is 1. The lowest BCUT2D eigenvalue weighted by atomic mass is 10.1. The van der Waals surface area contributed by atoms with Crippen LogP contribution in [0.4, 0.5) is 0 Å². The number of aromatic nitrogens is 1. The Morgan fingerprint density at radius 2 is 2.29 bits per heavy atom. The van der Waals surface area contributed by atoms with Crippen LogP contribution < -0.4 is 5.32 Å². The summed E-state index contributed by atoms with van der Waals surface area (Å²) in [5.41, 5.74) is 0.945. The second kappa shape index (κ2) is 7.40. The summed E-state index contributed by atoms with van der Waals surface area (Å²) in [5.74, 6) is -0.782. The minimum Gasteiger partial charge on any atom is -0.480 e. The lowest BCUT2D eigenvalue weighted by molar-refractivity contribution is -0.139. The van der Waals surface area contributed by atoms with Crippen LogP contribution in [0.15, 0.2) is 5.38 Å². The van der Waals surface area contributed by atoms with Gasteiger partial charge in [0, 0.05) is 11.9 Å². The van der Waals surface area contributed by atoms with Gasteiger partial charge in [0.05, 0.1) is 10.7 Å². The van der Waals surface area contributed by atoms with Crippen molar-refractivity contribution in [3.63, 3.8) is 0 Å². The van der Waals surface area contributed by atoms with Gasteiger partial charge in [-0.15, -0.1) is 11.3 Å². The van der Waals surface area contributed by atoms with E-state index >= 15 is 0 Å². The van der Waals surface area contributed by atoms with Gasteiger partial charge in [0.1, 0.15) is 6.04 Å². The maximum absolute atomic E-state index is 10.9. The molecule has 1 aromatic rings. The van der Waals surface area contributed by atoms with Gasteiger partial charge < -0.3 is 5.11 Å². The van der Waals surface area contributed by atoms with E-state index in [9.17, 15) is 4.79 Å². The van der Waals surface area contributed by atoms with Crippen molar-refractivity contribution in [1.29, 1.82) is 0 Å². The predicted octanol–water partition coefficient (Wildman–Crippen LogP) is 2.44. The first-order chi connectivity index (χ1) is 8.17. The summed E-state index contributed by atoms with van der Waals surface area (Å²) >= 11 is 1.65. The first-order valence-electron chi connectivity index (χ1n) is 6.06. The van der Waals surface area contributed by atoms with E-state index in [-0.39, 0.29) is 0 Å².